The van der Waals surface area contributed by atoms with Crippen molar-refractivity contribution in [1.82, 2.24) is 4.90 Å². The van der Waals surface area contributed by atoms with Crippen molar-refractivity contribution in [2.45, 2.75) is 43.7 Å². The van der Waals surface area contributed by atoms with Crippen LogP contribution in [0.3, 0.4) is 0 Å². The summed E-state index contributed by atoms with van der Waals surface area (Å²) in [6.45, 7) is 1.83. The van der Waals surface area contributed by atoms with Crippen LogP contribution in [0.1, 0.15) is 30.4 Å². The minimum absolute atomic E-state index is 0.0432. The molecule has 4 atom stereocenters. The molecular formula is C26H27FN4O6S2. The number of amides is 1. The molecule has 0 aromatic heterocycles. The van der Waals surface area contributed by atoms with Gasteiger partial charge in [-0.25, -0.2) is 12.8 Å². The number of nitrogens with one attached hydrogen (secondary N) is 2. The van der Waals surface area contributed by atoms with Gasteiger partial charge in [0.1, 0.15) is 22.0 Å². The fourth-order valence-corrected chi connectivity index (χ4v) is 8.30. The van der Waals surface area contributed by atoms with Crippen LogP contribution in [0.2, 0.25) is 0 Å². The van der Waals surface area contributed by atoms with Gasteiger partial charge in [-0.2, -0.15) is 8.42 Å². The Kier molecular flexibility index (Phi) is 5.81. The lowest BCUT2D eigenvalue weighted by Gasteiger charge is -2.44. The lowest BCUT2D eigenvalue weighted by molar-refractivity contribution is -0.134. The predicted molar refractivity (Wildman–Crippen MR) is 143 cm³/mol. The Labute approximate surface area is 225 Å². The zero-order valence-electron chi connectivity index (χ0n) is 21.2. The molecule has 2 aromatic rings. The van der Waals surface area contributed by atoms with Crippen LogP contribution in [0.5, 0.6) is 0 Å². The molecule has 0 saturated heterocycles. The van der Waals surface area contributed by atoms with E-state index in [1.165, 1.54) is 18.2 Å². The summed E-state index contributed by atoms with van der Waals surface area (Å²) in [7, 11) is -8.00. The summed E-state index contributed by atoms with van der Waals surface area (Å²) in [6, 6.07) is 8.32. The van der Waals surface area contributed by atoms with Crippen LogP contribution in [-0.4, -0.2) is 50.9 Å². The summed E-state index contributed by atoms with van der Waals surface area (Å²) in [5.41, 5.74) is 1.12. The Bertz CT molecular complexity index is 1700. The topological polar surface area (TPSA) is 145 Å². The number of nitrogens with zero attached hydrogens (tertiary/aromatic N) is 2. The van der Waals surface area contributed by atoms with E-state index in [-0.39, 0.29) is 69.6 Å². The van der Waals surface area contributed by atoms with E-state index in [4.69, 9.17) is 0 Å². The molecule has 2 fully saturated rings. The Balaban J connectivity index is 1.41. The zero-order valence-corrected chi connectivity index (χ0v) is 22.8. The number of anilines is 2. The molecule has 2 saturated carbocycles. The van der Waals surface area contributed by atoms with E-state index in [0.29, 0.717) is 5.56 Å². The van der Waals surface area contributed by atoms with Gasteiger partial charge in [0.05, 0.1) is 11.9 Å². The van der Waals surface area contributed by atoms with Gasteiger partial charge in [-0.1, -0.05) is 12.1 Å². The van der Waals surface area contributed by atoms with Gasteiger partial charge in [0.25, 0.3) is 15.9 Å². The molecule has 1 amide bonds. The molecular weight excluding hydrogens is 547 g/mol. The van der Waals surface area contributed by atoms with E-state index in [0.717, 1.165) is 37.1 Å². The van der Waals surface area contributed by atoms with Gasteiger partial charge >= 0.3 is 0 Å². The third kappa shape index (κ3) is 4.37. The summed E-state index contributed by atoms with van der Waals surface area (Å²) in [5.74, 6) is -1.34. The van der Waals surface area contributed by atoms with Crippen LogP contribution < -0.4 is 10.0 Å². The van der Waals surface area contributed by atoms with Crippen LogP contribution in [0.25, 0.3) is 0 Å². The maximum absolute atomic E-state index is 14.0. The number of rotatable bonds is 5. The highest BCUT2D eigenvalue weighted by Crippen LogP contribution is 2.55. The summed E-state index contributed by atoms with van der Waals surface area (Å²) < 4.78 is 69.6. The van der Waals surface area contributed by atoms with Gasteiger partial charge in [0.2, 0.25) is 10.0 Å². The molecule has 0 radical (unpaired) electrons. The number of carbonyl (C=O) groups excluding carboxylic acids is 1. The average molecular weight is 575 g/mol. The number of aryl methyl sites for hydroxylation is 1. The minimum atomic E-state index is -4.35. The first-order valence-electron chi connectivity index (χ1n) is 12.6. The highest BCUT2D eigenvalue weighted by atomic mass is 32.2. The number of halogens is 1. The molecule has 2 bridgehead atoms. The number of sulfonamides is 2. The van der Waals surface area contributed by atoms with E-state index in [2.05, 4.69) is 14.4 Å². The molecule has 2 aliphatic heterocycles. The lowest BCUT2D eigenvalue weighted by Crippen LogP contribution is -2.53. The zero-order chi connectivity index (χ0) is 27.9. The van der Waals surface area contributed by atoms with Crippen molar-refractivity contribution in [2.24, 2.45) is 22.2 Å². The standard InChI is InChI=1S/C26H27FN4O6S2/c1-13-9-14(3-7-18(13)27)12-31-23-16-5-4-15(10-16)21(23)24(32)22(26(31)33)25-28-19-8-6-17(29-38(2,34)35)11-20(19)39(36,37)30-25/h3,6-9,11,15-16,21,23,29,32H,4-5,10,12H2,1-2H3,(H,28,30)/t15-,16+,21?,23?/m0/s1. The maximum atomic E-state index is 14.0. The van der Waals surface area contributed by atoms with E-state index in [1.807, 2.05) is 0 Å². The maximum Gasteiger partial charge on any atom is 0.286 e. The van der Waals surface area contributed by atoms with Crippen molar-refractivity contribution < 1.29 is 31.1 Å². The van der Waals surface area contributed by atoms with Crippen LogP contribution >= 0.6 is 0 Å². The number of carbonyl (C=O) groups is 1. The first kappa shape index (κ1) is 25.8. The molecule has 206 valence electrons. The summed E-state index contributed by atoms with van der Waals surface area (Å²) >= 11 is 0. The number of benzene rings is 2. The largest absolute Gasteiger partial charge is 0.511 e. The van der Waals surface area contributed by atoms with Gasteiger partial charge in [0, 0.05) is 24.2 Å². The van der Waals surface area contributed by atoms with Crippen molar-refractivity contribution in [1.29, 1.82) is 0 Å². The second kappa shape index (κ2) is 8.78. The number of aliphatic hydroxyl groups is 1. The Hall–Kier alpha value is -3.45. The second-order valence-electron chi connectivity index (χ2n) is 10.8. The van der Waals surface area contributed by atoms with Crippen LogP contribution in [0.15, 0.2) is 57.0 Å². The first-order chi connectivity index (χ1) is 18.3. The average Bonchev–Trinajstić information content (AvgIpc) is 3.46. The molecule has 2 heterocycles. The molecule has 2 unspecified atom stereocenters. The van der Waals surface area contributed by atoms with E-state index in [9.17, 15) is 31.1 Å². The molecule has 2 aliphatic carbocycles. The Morgan fingerprint density at radius 2 is 1.92 bits per heavy atom. The SMILES string of the molecule is Cc1cc(CN2C(=O)C(C3=NS(=O)(=O)c4cc(NS(C)(=O)=O)ccc4N3)=C(O)C3C2[C@@H]2CC[C@H]3C2)ccc1F. The molecule has 13 heteroatoms. The normalized spacial score (nSPS) is 27.1. The second-order valence-corrected chi connectivity index (χ2v) is 14.1. The van der Waals surface area contributed by atoms with E-state index in [1.54, 1.807) is 24.0 Å². The molecule has 2 aromatic carbocycles. The quantitative estimate of drug-likeness (QED) is 0.497. The molecule has 39 heavy (non-hydrogen) atoms. The van der Waals surface area contributed by atoms with Crippen molar-refractivity contribution in [3.8, 4) is 0 Å². The van der Waals surface area contributed by atoms with E-state index < -0.39 is 26.0 Å². The van der Waals surface area contributed by atoms with Gasteiger partial charge in [-0.15, -0.1) is 4.40 Å². The third-order valence-corrected chi connectivity index (χ3v) is 10.0. The summed E-state index contributed by atoms with van der Waals surface area (Å²) in [5, 5.41) is 14.3. The smallest absolute Gasteiger partial charge is 0.286 e. The minimum Gasteiger partial charge on any atom is -0.511 e. The Morgan fingerprint density at radius 3 is 2.64 bits per heavy atom. The number of hydrogen-bond donors (Lipinski definition) is 3. The monoisotopic (exact) mass is 574 g/mol. The highest BCUT2D eigenvalue weighted by molar-refractivity contribution is 7.92. The van der Waals surface area contributed by atoms with E-state index >= 15 is 0 Å². The predicted octanol–water partition coefficient (Wildman–Crippen LogP) is 3.29. The van der Waals surface area contributed by atoms with Crippen molar-refractivity contribution in [3.05, 3.63) is 64.7 Å². The molecule has 10 nitrogen and oxygen atoms in total. The molecule has 0 spiro atoms. The van der Waals surface area contributed by atoms with Gasteiger partial charge in [-0.05, 0) is 73.4 Å². The third-order valence-electron chi connectivity index (χ3n) is 8.12. The van der Waals surface area contributed by atoms with Crippen LogP contribution in [0, 0.1) is 30.5 Å². The van der Waals surface area contributed by atoms with Gasteiger partial charge < -0.3 is 15.3 Å². The number of aliphatic hydroxyl groups excluding tert-OH is 1. The van der Waals surface area contributed by atoms with Crippen molar-refractivity contribution in [2.75, 3.05) is 16.3 Å². The molecule has 3 N–H and O–H groups in total. The van der Waals surface area contributed by atoms with Crippen molar-refractivity contribution in [3.63, 3.8) is 0 Å². The van der Waals surface area contributed by atoms with Gasteiger partial charge in [-0.3, -0.25) is 9.52 Å². The number of fused-ring (bicyclic) bond motifs is 6. The lowest BCUT2D eigenvalue weighted by atomic mass is 9.77. The Morgan fingerprint density at radius 1 is 1.18 bits per heavy atom. The summed E-state index contributed by atoms with van der Waals surface area (Å²) in [4.78, 5) is 15.4. The van der Waals surface area contributed by atoms with Crippen LogP contribution in [0.4, 0.5) is 15.8 Å². The fourth-order valence-electron chi connectivity index (χ4n) is 6.60. The van der Waals surface area contributed by atoms with Gasteiger partial charge in [0.15, 0.2) is 5.84 Å². The number of hydrogen-bond acceptors (Lipinski definition) is 7. The summed E-state index contributed by atoms with van der Waals surface area (Å²) in [6.07, 6.45) is 3.64. The molecule has 6 rings (SSSR count). The van der Waals surface area contributed by atoms with Crippen LogP contribution in [-0.2, 0) is 31.4 Å². The molecule has 4 aliphatic rings. The fraction of sp³-hybridized carbons (Fsp3) is 0.385. The highest BCUT2D eigenvalue weighted by Gasteiger charge is 2.57. The number of amidine groups is 1. The van der Waals surface area contributed by atoms with Crippen molar-refractivity contribution >= 4 is 43.2 Å². The first-order valence-corrected chi connectivity index (χ1v) is 15.9.